The molecule has 0 atom stereocenters. The minimum atomic E-state index is 0.425. The first-order valence-corrected chi connectivity index (χ1v) is 12.4. The van der Waals surface area contributed by atoms with E-state index in [1.807, 2.05) is 6.92 Å². The molecule has 0 N–H and O–H groups in total. The predicted octanol–water partition coefficient (Wildman–Crippen LogP) is 8.87. The molecule has 1 heteroatoms. The molecule has 0 aromatic heterocycles. The van der Waals surface area contributed by atoms with Crippen LogP contribution in [-0.2, 0) is 4.79 Å². The number of carbonyl (C=O) groups is 1. The zero-order valence-corrected chi connectivity index (χ0v) is 19.2. The van der Waals surface area contributed by atoms with Crippen LogP contribution in [0.2, 0.25) is 0 Å². The highest BCUT2D eigenvalue weighted by Crippen LogP contribution is 2.30. The fraction of sp³-hybridized carbons (Fsp3) is 0.552. The third kappa shape index (κ3) is 10.2. The molecule has 0 bridgehead atoms. The van der Waals surface area contributed by atoms with Crippen LogP contribution < -0.4 is 0 Å². The first-order chi connectivity index (χ1) is 14.8. The van der Waals surface area contributed by atoms with E-state index >= 15 is 0 Å². The largest absolute Gasteiger partial charge is 0.300 e. The molecule has 0 amide bonds. The van der Waals surface area contributed by atoms with Gasteiger partial charge in [0.15, 0.2) is 0 Å². The summed E-state index contributed by atoms with van der Waals surface area (Å²) >= 11 is 0. The van der Waals surface area contributed by atoms with Crippen LogP contribution >= 0.6 is 0 Å². The third-order valence-corrected chi connectivity index (χ3v) is 6.25. The van der Waals surface area contributed by atoms with Crippen LogP contribution in [0.4, 0.5) is 0 Å². The highest BCUT2D eigenvalue weighted by Gasteiger charge is 2.13. The van der Waals surface area contributed by atoms with Gasteiger partial charge in [-0.3, -0.25) is 4.79 Å². The average Bonchev–Trinajstić information content (AvgIpc) is 2.80. The first kappa shape index (κ1) is 24.4. The Bertz CT molecular complexity index is 622. The SMILES string of the molecule is CCC(=O)CCCCCCCCCCCCCC(c1ccccc1)c1ccccc1. The van der Waals surface area contributed by atoms with Crippen molar-refractivity contribution in [1.82, 2.24) is 0 Å². The lowest BCUT2D eigenvalue weighted by Gasteiger charge is -2.18. The standard InChI is InChI=1S/C29H42O/c1-2-28(30)24-18-10-8-6-4-3-5-7-9-11-19-25-29(26-20-14-12-15-21-26)27-22-16-13-17-23-27/h12-17,20-23,29H,2-11,18-19,24-25H2,1H3. The second-order valence-corrected chi connectivity index (χ2v) is 8.69. The molecule has 0 aliphatic heterocycles. The van der Waals surface area contributed by atoms with Crippen molar-refractivity contribution in [2.24, 2.45) is 0 Å². The van der Waals surface area contributed by atoms with Crippen LogP contribution in [0.25, 0.3) is 0 Å². The Morgan fingerprint density at radius 1 is 0.600 bits per heavy atom. The van der Waals surface area contributed by atoms with E-state index in [4.69, 9.17) is 0 Å². The Hall–Kier alpha value is -1.89. The van der Waals surface area contributed by atoms with Crippen LogP contribution in [0.3, 0.4) is 0 Å². The van der Waals surface area contributed by atoms with Crippen LogP contribution in [-0.4, -0.2) is 5.78 Å². The van der Waals surface area contributed by atoms with Crippen molar-refractivity contribution in [2.75, 3.05) is 0 Å². The summed E-state index contributed by atoms with van der Waals surface area (Å²) in [5.41, 5.74) is 2.89. The van der Waals surface area contributed by atoms with E-state index in [2.05, 4.69) is 60.7 Å². The van der Waals surface area contributed by atoms with Gasteiger partial charge in [0, 0.05) is 18.8 Å². The Labute approximate surface area is 185 Å². The van der Waals surface area contributed by atoms with Gasteiger partial charge in [-0.25, -0.2) is 0 Å². The maximum absolute atomic E-state index is 11.3. The number of benzene rings is 2. The van der Waals surface area contributed by atoms with E-state index in [1.54, 1.807) is 0 Å². The van der Waals surface area contributed by atoms with Crippen LogP contribution in [0.15, 0.2) is 60.7 Å². The van der Waals surface area contributed by atoms with Gasteiger partial charge in [0.1, 0.15) is 5.78 Å². The molecule has 164 valence electrons. The minimum absolute atomic E-state index is 0.425. The molecule has 0 aliphatic carbocycles. The topological polar surface area (TPSA) is 17.1 Å². The molecule has 0 saturated heterocycles. The molecular formula is C29H42O. The third-order valence-electron chi connectivity index (χ3n) is 6.25. The van der Waals surface area contributed by atoms with Crippen molar-refractivity contribution < 1.29 is 4.79 Å². The van der Waals surface area contributed by atoms with Crippen molar-refractivity contribution in [3.05, 3.63) is 71.8 Å². The van der Waals surface area contributed by atoms with E-state index in [1.165, 1.54) is 81.8 Å². The van der Waals surface area contributed by atoms with E-state index in [-0.39, 0.29) is 0 Å². The maximum Gasteiger partial charge on any atom is 0.132 e. The molecule has 0 spiro atoms. The smallest absolute Gasteiger partial charge is 0.132 e. The van der Waals surface area contributed by atoms with Gasteiger partial charge in [0.2, 0.25) is 0 Å². The number of unbranched alkanes of at least 4 members (excludes halogenated alkanes) is 10. The monoisotopic (exact) mass is 406 g/mol. The minimum Gasteiger partial charge on any atom is -0.300 e. The van der Waals surface area contributed by atoms with Gasteiger partial charge in [-0.15, -0.1) is 0 Å². The number of ketones is 1. The highest BCUT2D eigenvalue weighted by atomic mass is 16.1. The first-order valence-electron chi connectivity index (χ1n) is 12.4. The molecule has 0 radical (unpaired) electrons. The summed E-state index contributed by atoms with van der Waals surface area (Å²) < 4.78 is 0. The van der Waals surface area contributed by atoms with Gasteiger partial charge >= 0.3 is 0 Å². The summed E-state index contributed by atoms with van der Waals surface area (Å²) in [7, 11) is 0. The summed E-state index contributed by atoms with van der Waals surface area (Å²) in [6.45, 7) is 1.97. The summed E-state index contributed by atoms with van der Waals surface area (Å²) in [6, 6.07) is 22.0. The Morgan fingerprint density at radius 2 is 1.00 bits per heavy atom. The van der Waals surface area contributed by atoms with Crippen molar-refractivity contribution in [2.45, 2.75) is 103 Å². The molecule has 0 aliphatic rings. The van der Waals surface area contributed by atoms with Crippen molar-refractivity contribution >= 4 is 5.78 Å². The fourth-order valence-electron chi connectivity index (χ4n) is 4.33. The number of hydrogen-bond donors (Lipinski definition) is 0. The fourth-order valence-corrected chi connectivity index (χ4v) is 4.33. The molecule has 2 aromatic carbocycles. The molecule has 2 rings (SSSR count). The zero-order chi connectivity index (χ0) is 21.3. The molecule has 0 saturated carbocycles. The number of rotatable bonds is 17. The van der Waals surface area contributed by atoms with Gasteiger partial charge in [0.25, 0.3) is 0 Å². The Kier molecular flexibility index (Phi) is 12.9. The second-order valence-electron chi connectivity index (χ2n) is 8.69. The van der Waals surface area contributed by atoms with Crippen LogP contribution in [0.1, 0.15) is 114 Å². The molecule has 2 aromatic rings. The zero-order valence-electron chi connectivity index (χ0n) is 19.2. The van der Waals surface area contributed by atoms with Crippen molar-refractivity contribution in [1.29, 1.82) is 0 Å². The predicted molar refractivity (Wildman–Crippen MR) is 130 cm³/mol. The Morgan fingerprint density at radius 3 is 1.43 bits per heavy atom. The molecule has 30 heavy (non-hydrogen) atoms. The number of hydrogen-bond acceptors (Lipinski definition) is 1. The Balaban J connectivity index is 1.51. The second kappa shape index (κ2) is 15.9. The summed E-state index contributed by atoms with van der Waals surface area (Å²) in [5, 5.41) is 0. The van der Waals surface area contributed by atoms with E-state index < -0.39 is 0 Å². The molecule has 0 heterocycles. The van der Waals surface area contributed by atoms with E-state index in [0.717, 1.165) is 12.8 Å². The normalized spacial score (nSPS) is 11.1. The van der Waals surface area contributed by atoms with Gasteiger partial charge in [-0.05, 0) is 24.0 Å². The lowest BCUT2D eigenvalue weighted by Crippen LogP contribution is -2.01. The number of carbonyl (C=O) groups excluding carboxylic acids is 1. The van der Waals surface area contributed by atoms with Gasteiger partial charge in [-0.2, -0.15) is 0 Å². The van der Waals surface area contributed by atoms with Crippen LogP contribution in [0.5, 0.6) is 0 Å². The maximum atomic E-state index is 11.3. The lowest BCUT2D eigenvalue weighted by atomic mass is 9.87. The summed E-state index contributed by atoms with van der Waals surface area (Å²) in [6.07, 6.45) is 17.3. The highest BCUT2D eigenvalue weighted by molar-refractivity contribution is 5.77. The lowest BCUT2D eigenvalue weighted by molar-refractivity contribution is -0.118. The summed E-state index contributed by atoms with van der Waals surface area (Å²) in [4.78, 5) is 11.3. The van der Waals surface area contributed by atoms with Crippen molar-refractivity contribution in [3.63, 3.8) is 0 Å². The van der Waals surface area contributed by atoms with E-state index in [0.29, 0.717) is 18.1 Å². The quantitative estimate of drug-likeness (QED) is 0.240. The van der Waals surface area contributed by atoms with E-state index in [9.17, 15) is 4.79 Å². The van der Waals surface area contributed by atoms with Gasteiger partial charge in [-0.1, -0.05) is 132 Å². The molecule has 0 fully saturated rings. The van der Waals surface area contributed by atoms with Gasteiger partial charge < -0.3 is 0 Å². The molecular weight excluding hydrogens is 364 g/mol. The number of Topliss-reactive ketones (excluding diaryl/α,β-unsaturated/α-hetero) is 1. The van der Waals surface area contributed by atoms with Gasteiger partial charge in [0.05, 0.1) is 0 Å². The summed E-state index contributed by atoms with van der Waals surface area (Å²) in [5.74, 6) is 0.953. The molecule has 0 unspecified atom stereocenters. The average molecular weight is 407 g/mol. The molecule has 1 nitrogen and oxygen atoms in total. The van der Waals surface area contributed by atoms with Crippen LogP contribution in [0, 0.1) is 0 Å². The van der Waals surface area contributed by atoms with Crippen molar-refractivity contribution in [3.8, 4) is 0 Å².